The van der Waals surface area contributed by atoms with E-state index in [1.165, 1.54) is 16.3 Å². The first-order valence-electron chi connectivity index (χ1n) is 4.51. The van der Waals surface area contributed by atoms with Crippen molar-refractivity contribution in [3.63, 3.8) is 0 Å². The van der Waals surface area contributed by atoms with Crippen LogP contribution in [-0.2, 0) is 6.42 Å². The van der Waals surface area contributed by atoms with Gasteiger partial charge in [0.15, 0.2) is 0 Å². The number of hydrogen-bond acceptors (Lipinski definition) is 0. The largest absolute Gasteiger partial charge is 0.0706 e. The summed E-state index contributed by atoms with van der Waals surface area (Å²) in [6.45, 7) is 0. The van der Waals surface area contributed by atoms with Crippen molar-refractivity contribution in [3.8, 4) is 0 Å². The first-order valence-corrected chi connectivity index (χ1v) is 7.00. The summed E-state index contributed by atoms with van der Waals surface area (Å²) in [5.41, 5.74) is 1.43. The molecule has 2 rings (SSSR count). The average molecular weight is 408 g/mol. The zero-order chi connectivity index (χ0) is 9.97. The summed E-state index contributed by atoms with van der Waals surface area (Å²) < 4.78 is 0.673. The van der Waals surface area contributed by atoms with Crippen LogP contribution in [0.25, 0.3) is 10.8 Å². The van der Waals surface area contributed by atoms with Gasteiger partial charge >= 0.3 is 0 Å². The first-order chi connectivity index (χ1) is 6.75. The molecule has 2 aromatic carbocycles. The second-order valence-electron chi connectivity index (χ2n) is 3.28. The highest BCUT2D eigenvalue weighted by atomic mass is 127. The van der Waals surface area contributed by atoms with Gasteiger partial charge in [-0.1, -0.05) is 87.6 Å². The first kappa shape index (κ1) is 10.7. The van der Waals surface area contributed by atoms with Gasteiger partial charge in [-0.3, -0.25) is 0 Å². The third-order valence-electron chi connectivity index (χ3n) is 2.20. The molecule has 0 spiro atoms. The van der Waals surface area contributed by atoms with Crippen LogP contribution in [0, 0.1) is 0 Å². The number of alkyl halides is 2. The lowest BCUT2D eigenvalue weighted by atomic mass is 10.1. The minimum atomic E-state index is 0.673. The lowest BCUT2D eigenvalue weighted by Gasteiger charge is -2.04. The fourth-order valence-corrected chi connectivity index (χ4v) is 2.56. The molecular weight excluding hydrogens is 398 g/mol. The molecule has 0 N–H and O–H groups in total. The second kappa shape index (κ2) is 4.79. The van der Waals surface area contributed by atoms with Crippen LogP contribution < -0.4 is 0 Å². The fraction of sp³-hybridized carbons (Fsp3) is 0.167. The molecule has 0 nitrogen and oxygen atoms in total. The molecule has 0 saturated carbocycles. The Morgan fingerprint density at radius 3 is 2.36 bits per heavy atom. The van der Waals surface area contributed by atoms with Crippen LogP contribution in [0.15, 0.2) is 42.5 Å². The molecule has 0 aliphatic carbocycles. The molecule has 14 heavy (non-hydrogen) atoms. The van der Waals surface area contributed by atoms with Gasteiger partial charge in [-0.2, -0.15) is 0 Å². The smallest absolute Gasteiger partial charge is 0.0666 e. The van der Waals surface area contributed by atoms with Crippen LogP contribution in [0.1, 0.15) is 5.56 Å². The van der Waals surface area contributed by atoms with E-state index in [0.717, 1.165) is 6.42 Å². The summed E-state index contributed by atoms with van der Waals surface area (Å²) >= 11 is 4.91. The van der Waals surface area contributed by atoms with Crippen LogP contribution in [0.5, 0.6) is 0 Å². The maximum Gasteiger partial charge on any atom is 0.0666 e. The third kappa shape index (κ3) is 2.59. The van der Waals surface area contributed by atoms with Crippen LogP contribution >= 0.6 is 45.2 Å². The van der Waals surface area contributed by atoms with Crippen LogP contribution in [0.3, 0.4) is 0 Å². The lowest BCUT2D eigenvalue weighted by Crippen LogP contribution is -1.91. The van der Waals surface area contributed by atoms with E-state index in [1.807, 2.05) is 0 Å². The molecule has 2 heteroatoms. The molecule has 0 aliphatic rings. The van der Waals surface area contributed by atoms with E-state index in [-0.39, 0.29) is 0 Å². The van der Waals surface area contributed by atoms with Gasteiger partial charge in [0.25, 0.3) is 0 Å². The zero-order valence-electron chi connectivity index (χ0n) is 7.58. The van der Waals surface area contributed by atoms with Gasteiger partial charge < -0.3 is 0 Å². The van der Waals surface area contributed by atoms with Gasteiger partial charge in [0, 0.05) is 0 Å². The number of fused-ring (bicyclic) bond motifs is 1. The molecule has 0 heterocycles. The zero-order valence-corrected chi connectivity index (χ0v) is 11.9. The fourth-order valence-electron chi connectivity index (χ4n) is 1.54. The van der Waals surface area contributed by atoms with Gasteiger partial charge in [-0.05, 0) is 22.8 Å². The Labute approximate surface area is 111 Å². The number of benzene rings is 2. The molecule has 0 radical (unpaired) electrons. The molecule has 0 bridgehead atoms. The Morgan fingerprint density at radius 2 is 1.64 bits per heavy atom. The van der Waals surface area contributed by atoms with E-state index in [4.69, 9.17) is 0 Å². The van der Waals surface area contributed by atoms with Crippen molar-refractivity contribution in [2.75, 3.05) is 0 Å². The average Bonchev–Trinajstić information content (AvgIpc) is 2.17. The summed E-state index contributed by atoms with van der Waals surface area (Å²) in [7, 11) is 0. The van der Waals surface area contributed by atoms with Crippen molar-refractivity contribution in [1.29, 1.82) is 0 Å². The van der Waals surface area contributed by atoms with Crippen molar-refractivity contribution in [2.24, 2.45) is 0 Å². The quantitative estimate of drug-likeness (QED) is 0.505. The number of rotatable bonds is 2. The Morgan fingerprint density at radius 1 is 0.929 bits per heavy atom. The topological polar surface area (TPSA) is 0 Å². The molecule has 0 aliphatic heterocycles. The highest BCUT2D eigenvalue weighted by Crippen LogP contribution is 2.20. The van der Waals surface area contributed by atoms with Crippen LogP contribution in [0.2, 0.25) is 0 Å². The summed E-state index contributed by atoms with van der Waals surface area (Å²) in [6.07, 6.45) is 1.14. The van der Waals surface area contributed by atoms with Crippen LogP contribution in [-0.4, -0.2) is 1.93 Å². The highest BCUT2D eigenvalue weighted by molar-refractivity contribution is 14.2. The lowest BCUT2D eigenvalue weighted by molar-refractivity contribution is 1.16. The van der Waals surface area contributed by atoms with Gasteiger partial charge in [0.1, 0.15) is 0 Å². The molecule has 0 unspecified atom stereocenters. The van der Waals surface area contributed by atoms with E-state index < -0.39 is 0 Å². The normalized spacial score (nSPS) is 11.1. The maximum absolute atomic E-state index is 2.46. The molecular formula is C12H10I2. The summed E-state index contributed by atoms with van der Waals surface area (Å²) in [5, 5.41) is 2.67. The predicted octanol–water partition coefficient (Wildman–Crippen LogP) is 4.58. The molecule has 0 atom stereocenters. The van der Waals surface area contributed by atoms with Gasteiger partial charge in [0.05, 0.1) is 1.93 Å². The van der Waals surface area contributed by atoms with E-state index in [0.29, 0.717) is 1.93 Å². The highest BCUT2D eigenvalue weighted by Gasteiger charge is 2.00. The monoisotopic (exact) mass is 408 g/mol. The summed E-state index contributed by atoms with van der Waals surface area (Å²) in [6, 6.07) is 15.2. The number of halogens is 2. The van der Waals surface area contributed by atoms with Crippen molar-refractivity contribution in [1.82, 2.24) is 0 Å². The van der Waals surface area contributed by atoms with Gasteiger partial charge in [0.2, 0.25) is 0 Å². The minimum absolute atomic E-state index is 0.673. The molecule has 0 fully saturated rings. The van der Waals surface area contributed by atoms with Gasteiger partial charge in [-0.15, -0.1) is 0 Å². The SMILES string of the molecule is IC(I)Cc1ccc2ccccc2c1. The van der Waals surface area contributed by atoms with E-state index >= 15 is 0 Å². The molecule has 2 aromatic rings. The predicted molar refractivity (Wildman–Crippen MR) is 79.5 cm³/mol. The van der Waals surface area contributed by atoms with Gasteiger partial charge in [-0.25, -0.2) is 0 Å². The molecule has 0 saturated heterocycles. The van der Waals surface area contributed by atoms with Crippen molar-refractivity contribution in [3.05, 3.63) is 48.0 Å². The Hall–Kier alpha value is 0.160. The van der Waals surface area contributed by atoms with Crippen molar-refractivity contribution in [2.45, 2.75) is 8.35 Å². The third-order valence-corrected chi connectivity index (χ3v) is 3.08. The molecule has 0 aromatic heterocycles. The molecule has 72 valence electrons. The standard InChI is InChI=1S/C12H10I2/c13-12(14)8-9-5-6-10-3-1-2-4-11(10)7-9/h1-7,12H,8H2. The Balaban J connectivity index is 2.41. The Bertz CT molecular complexity index is 435. The van der Waals surface area contributed by atoms with Crippen molar-refractivity contribution < 1.29 is 0 Å². The maximum atomic E-state index is 2.46. The van der Waals surface area contributed by atoms with E-state index in [1.54, 1.807) is 0 Å². The number of hydrogen-bond donors (Lipinski definition) is 0. The second-order valence-corrected chi connectivity index (χ2v) is 8.67. The summed E-state index contributed by atoms with van der Waals surface area (Å²) in [4.78, 5) is 0. The molecule has 0 amide bonds. The Kier molecular flexibility index (Phi) is 3.65. The van der Waals surface area contributed by atoms with Crippen molar-refractivity contribution >= 4 is 56.0 Å². The van der Waals surface area contributed by atoms with E-state index in [9.17, 15) is 0 Å². The van der Waals surface area contributed by atoms with Crippen LogP contribution in [0.4, 0.5) is 0 Å². The van der Waals surface area contributed by atoms with E-state index in [2.05, 4.69) is 87.6 Å². The summed E-state index contributed by atoms with van der Waals surface area (Å²) in [5.74, 6) is 0. The minimum Gasteiger partial charge on any atom is -0.0706 e.